The summed E-state index contributed by atoms with van der Waals surface area (Å²) in [4.78, 5) is 7.43. The van der Waals surface area contributed by atoms with E-state index in [2.05, 4.69) is 10.3 Å². The molecule has 3 rings (SSSR count). The van der Waals surface area contributed by atoms with Crippen LogP contribution in [0.25, 0.3) is 11.3 Å². The van der Waals surface area contributed by atoms with Crippen LogP contribution < -0.4 is 4.90 Å². The zero-order valence-electron chi connectivity index (χ0n) is 14.8. The summed E-state index contributed by atoms with van der Waals surface area (Å²) in [7, 11) is -3.40. The number of sulfonamides is 1. The molecule has 1 aliphatic rings. The highest BCUT2D eigenvalue weighted by Gasteiger charge is 2.21. The van der Waals surface area contributed by atoms with Crippen molar-refractivity contribution in [2.24, 2.45) is 0 Å². The number of thiazole rings is 1. The topological polar surface area (TPSA) is 53.5 Å². The summed E-state index contributed by atoms with van der Waals surface area (Å²) in [6.07, 6.45) is 3.76. The van der Waals surface area contributed by atoms with Crippen molar-refractivity contribution in [3.8, 4) is 11.3 Å². The van der Waals surface area contributed by atoms with E-state index < -0.39 is 10.0 Å². The van der Waals surface area contributed by atoms with Crippen LogP contribution in [0, 0.1) is 0 Å². The fourth-order valence-corrected chi connectivity index (χ4v) is 5.48. The molecule has 2 heterocycles. The molecule has 7 heteroatoms. The molecule has 1 aliphatic heterocycles. The first kappa shape index (κ1) is 18.4. The van der Waals surface area contributed by atoms with Gasteiger partial charge in [0.25, 0.3) is 0 Å². The molecule has 0 radical (unpaired) electrons. The number of anilines is 1. The molecule has 0 spiro atoms. The molecule has 0 aliphatic carbocycles. The molecule has 1 saturated heterocycles. The van der Waals surface area contributed by atoms with Crippen molar-refractivity contribution in [1.82, 2.24) is 9.29 Å². The van der Waals surface area contributed by atoms with Gasteiger partial charge in [-0.05, 0) is 31.4 Å². The van der Waals surface area contributed by atoms with Crippen LogP contribution in [0.5, 0.6) is 0 Å². The summed E-state index contributed by atoms with van der Waals surface area (Å²) in [5, 5.41) is 3.12. The Labute approximate surface area is 154 Å². The normalized spacial score (nSPS) is 15.7. The van der Waals surface area contributed by atoms with Crippen LogP contribution >= 0.6 is 11.3 Å². The first-order chi connectivity index (χ1) is 12.1. The van der Waals surface area contributed by atoms with Gasteiger partial charge in [0.15, 0.2) is 5.13 Å². The summed E-state index contributed by atoms with van der Waals surface area (Å²) in [6, 6.07) is 7.07. The molecule has 1 aromatic heterocycles. The predicted octanol–water partition coefficient (Wildman–Crippen LogP) is 3.83. The maximum Gasteiger partial charge on any atom is 0.243 e. The van der Waals surface area contributed by atoms with E-state index in [1.165, 1.54) is 23.6 Å². The molecule has 1 fully saturated rings. The molecule has 0 N–H and O–H groups in total. The standard InChI is InChI=1S/C18H25N3O2S2/c1-3-21(4-2)25(22,23)16-10-8-15(9-11-16)17-14-24-18(19-17)20-12-6-5-7-13-20/h8-11,14H,3-7,12-13H2,1-2H3. The first-order valence-electron chi connectivity index (χ1n) is 8.87. The lowest BCUT2D eigenvalue weighted by Crippen LogP contribution is -2.30. The van der Waals surface area contributed by atoms with E-state index in [9.17, 15) is 8.42 Å². The quantitative estimate of drug-likeness (QED) is 0.765. The highest BCUT2D eigenvalue weighted by Crippen LogP contribution is 2.30. The Bertz CT molecular complexity index is 790. The number of aromatic nitrogens is 1. The molecule has 25 heavy (non-hydrogen) atoms. The summed E-state index contributed by atoms with van der Waals surface area (Å²) >= 11 is 1.66. The van der Waals surface area contributed by atoms with Gasteiger partial charge in [-0.1, -0.05) is 26.0 Å². The zero-order chi connectivity index (χ0) is 17.9. The van der Waals surface area contributed by atoms with Crippen LogP contribution in [0.2, 0.25) is 0 Å². The van der Waals surface area contributed by atoms with Crippen molar-refractivity contribution in [2.45, 2.75) is 38.0 Å². The van der Waals surface area contributed by atoms with Crippen molar-refractivity contribution >= 4 is 26.5 Å². The second-order valence-electron chi connectivity index (χ2n) is 6.18. The van der Waals surface area contributed by atoms with Crippen molar-refractivity contribution < 1.29 is 8.42 Å². The third-order valence-electron chi connectivity index (χ3n) is 4.61. The molecule has 0 amide bonds. The molecule has 0 atom stereocenters. The highest BCUT2D eigenvalue weighted by atomic mass is 32.2. The molecule has 2 aromatic rings. The van der Waals surface area contributed by atoms with Crippen LogP contribution in [0.1, 0.15) is 33.1 Å². The Morgan fingerprint density at radius 2 is 1.72 bits per heavy atom. The van der Waals surface area contributed by atoms with E-state index in [1.54, 1.807) is 23.5 Å². The number of hydrogen-bond acceptors (Lipinski definition) is 5. The van der Waals surface area contributed by atoms with Gasteiger partial charge in [0.2, 0.25) is 10.0 Å². The minimum Gasteiger partial charge on any atom is -0.348 e. The van der Waals surface area contributed by atoms with Crippen LogP contribution in [-0.2, 0) is 10.0 Å². The summed E-state index contributed by atoms with van der Waals surface area (Å²) in [5.41, 5.74) is 1.87. The van der Waals surface area contributed by atoms with Gasteiger partial charge < -0.3 is 4.90 Å². The Morgan fingerprint density at radius 3 is 2.32 bits per heavy atom. The molecular formula is C18H25N3O2S2. The first-order valence-corrected chi connectivity index (χ1v) is 11.2. The van der Waals surface area contributed by atoms with Crippen LogP contribution in [-0.4, -0.2) is 43.9 Å². The molecule has 1 aromatic carbocycles. The summed E-state index contributed by atoms with van der Waals surface area (Å²) < 4.78 is 26.6. The molecule has 0 unspecified atom stereocenters. The smallest absolute Gasteiger partial charge is 0.243 e. The zero-order valence-corrected chi connectivity index (χ0v) is 16.4. The van der Waals surface area contributed by atoms with Gasteiger partial charge in [-0.2, -0.15) is 4.31 Å². The fraction of sp³-hybridized carbons (Fsp3) is 0.500. The Morgan fingerprint density at radius 1 is 1.08 bits per heavy atom. The van der Waals surface area contributed by atoms with Crippen molar-refractivity contribution in [3.63, 3.8) is 0 Å². The van der Waals surface area contributed by atoms with E-state index in [-0.39, 0.29) is 0 Å². The third-order valence-corrected chi connectivity index (χ3v) is 7.58. The Balaban J connectivity index is 1.80. The number of nitrogens with zero attached hydrogens (tertiary/aromatic N) is 3. The van der Waals surface area contributed by atoms with Crippen molar-refractivity contribution in [3.05, 3.63) is 29.6 Å². The van der Waals surface area contributed by atoms with Gasteiger partial charge >= 0.3 is 0 Å². The van der Waals surface area contributed by atoms with E-state index in [1.807, 2.05) is 26.0 Å². The van der Waals surface area contributed by atoms with Crippen molar-refractivity contribution in [2.75, 3.05) is 31.1 Å². The molecule has 136 valence electrons. The van der Waals surface area contributed by atoms with E-state index in [0.717, 1.165) is 29.5 Å². The van der Waals surface area contributed by atoms with Crippen LogP contribution in [0.15, 0.2) is 34.5 Å². The lowest BCUT2D eigenvalue weighted by molar-refractivity contribution is 0.445. The molecule has 0 saturated carbocycles. The van der Waals surface area contributed by atoms with Gasteiger partial charge in [-0.25, -0.2) is 13.4 Å². The van der Waals surface area contributed by atoms with Gasteiger partial charge in [-0.3, -0.25) is 0 Å². The Hall–Kier alpha value is -1.44. The predicted molar refractivity (Wildman–Crippen MR) is 104 cm³/mol. The average molecular weight is 380 g/mol. The van der Waals surface area contributed by atoms with Crippen LogP contribution in [0.3, 0.4) is 0 Å². The Kier molecular flexibility index (Phi) is 5.76. The minimum absolute atomic E-state index is 0.339. The second-order valence-corrected chi connectivity index (χ2v) is 8.95. The molecular weight excluding hydrogens is 354 g/mol. The van der Waals surface area contributed by atoms with E-state index in [4.69, 9.17) is 4.98 Å². The summed E-state index contributed by atoms with van der Waals surface area (Å²) in [6.45, 7) is 6.82. The lowest BCUT2D eigenvalue weighted by atomic mass is 10.1. The maximum absolute atomic E-state index is 12.6. The number of benzene rings is 1. The molecule has 5 nitrogen and oxygen atoms in total. The van der Waals surface area contributed by atoms with Gasteiger partial charge in [-0.15, -0.1) is 11.3 Å². The second kappa shape index (κ2) is 7.85. The summed E-state index contributed by atoms with van der Waals surface area (Å²) in [5.74, 6) is 0. The average Bonchev–Trinajstić information content (AvgIpc) is 3.13. The SMILES string of the molecule is CCN(CC)S(=O)(=O)c1ccc(-c2csc(N3CCCCC3)n2)cc1. The van der Waals surface area contributed by atoms with Crippen molar-refractivity contribution in [1.29, 1.82) is 0 Å². The van der Waals surface area contributed by atoms with Gasteiger partial charge in [0, 0.05) is 37.1 Å². The number of hydrogen-bond donors (Lipinski definition) is 0. The largest absolute Gasteiger partial charge is 0.348 e. The van der Waals surface area contributed by atoms with Gasteiger partial charge in [0.05, 0.1) is 10.6 Å². The highest BCUT2D eigenvalue weighted by molar-refractivity contribution is 7.89. The number of rotatable bonds is 6. The fourth-order valence-electron chi connectivity index (χ4n) is 3.14. The molecule has 0 bridgehead atoms. The monoisotopic (exact) mass is 379 g/mol. The maximum atomic E-state index is 12.6. The minimum atomic E-state index is -3.40. The lowest BCUT2D eigenvalue weighted by Gasteiger charge is -2.25. The third kappa shape index (κ3) is 3.88. The van der Waals surface area contributed by atoms with E-state index >= 15 is 0 Å². The van der Waals surface area contributed by atoms with Crippen LogP contribution in [0.4, 0.5) is 5.13 Å². The van der Waals surface area contributed by atoms with E-state index in [0.29, 0.717) is 18.0 Å². The number of piperidine rings is 1. The van der Waals surface area contributed by atoms with Gasteiger partial charge in [0.1, 0.15) is 0 Å².